The van der Waals surface area contributed by atoms with Crippen molar-refractivity contribution in [1.82, 2.24) is 10.3 Å². The zero-order valence-electron chi connectivity index (χ0n) is 9.64. The molecule has 0 saturated heterocycles. The summed E-state index contributed by atoms with van der Waals surface area (Å²) in [6, 6.07) is -0.725. The number of carboxylic acid groups (broad SMARTS) is 1. The first kappa shape index (κ1) is 13.6. The molecule has 0 spiro atoms. The predicted molar refractivity (Wildman–Crippen MR) is 65.0 cm³/mol. The van der Waals surface area contributed by atoms with Crippen LogP contribution in [0.3, 0.4) is 0 Å². The van der Waals surface area contributed by atoms with E-state index in [1.165, 1.54) is 11.3 Å². The van der Waals surface area contributed by atoms with Crippen LogP contribution in [0.2, 0.25) is 0 Å². The highest BCUT2D eigenvalue weighted by Crippen LogP contribution is 2.09. The fourth-order valence-corrected chi connectivity index (χ4v) is 1.80. The maximum absolute atomic E-state index is 11.5. The van der Waals surface area contributed by atoms with Crippen LogP contribution in [0.25, 0.3) is 0 Å². The Kier molecular flexibility index (Phi) is 5.05. The van der Waals surface area contributed by atoms with Crippen molar-refractivity contribution in [3.8, 4) is 0 Å². The molecule has 1 unspecified atom stereocenters. The van der Waals surface area contributed by atoms with Gasteiger partial charge in [0.15, 0.2) is 5.13 Å². The zero-order valence-corrected chi connectivity index (χ0v) is 10.5. The van der Waals surface area contributed by atoms with Crippen LogP contribution in [0.5, 0.6) is 0 Å². The minimum atomic E-state index is -0.956. The number of rotatable bonds is 6. The first-order valence-electron chi connectivity index (χ1n) is 5.16. The Hall–Kier alpha value is -1.47. The van der Waals surface area contributed by atoms with E-state index in [1.807, 2.05) is 0 Å². The molecule has 1 atom stereocenters. The van der Waals surface area contributed by atoms with Crippen molar-refractivity contribution in [2.24, 2.45) is 5.92 Å². The van der Waals surface area contributed by atoms with Gasteiger partial charge in [-0.3, -0.25) is 14.9 Å². The molecule has 1 aromatic rings. The van der Waals surface area contributed by atoms with E-state index in [9.17, 15) is 9.59 Å². The summed E-state index contributed by atoms with van der Waals surface area (Å²) in [5.74, 6) is -1.34. The molecule has 1 amide bonds. The average molecular weight is 257 g/mol. The smallest absolute Gasteiger partial charge is 0.320 e. The fraction of sp³-hybridized carbons (Fsp3) is 0.500. The Balaban J connectivity index is 2.39. The van der Waals surface area contributed by atoms with E-state index in [2.05, 4.69) is 15.6 Å². The molecule has 17 heavy (non-hydrogen) atoms. The van der Waals surface area contributed by atoms with Gasteiger partial charge in [-0.25, -0.2) is 4.98 Å². The van der Waals surface area contributed by atoms with Crippen LogP contribution < -0.4 is 10.6 Å². The topological polar surface area (TPSA) is 91.3 Å². The van der Waals surface area contributed by atoms with Crippen molar-refractivity contribution >= 4 is 28.3 Å². The molecular weight excluding hydrogens is 242 g/mol. The Morgan fingerprint density at radius 1 is 1.53 bits per heavy atom. The maximum atomic E-state index is 11.5. The second kappa shape index (κ2) is 6.31. The third-order valence-corrected chi connectivity index (χ3v) is 2.78. The highest BCUT2D eigenvalue weighted by Gasteiger charge is 2.21. The van der Waals surface area contributed by atoms with Gasteiger partial charge >= 0.3 is 5.97 Å². The van der Waals surface area contributed by atoms with Crippen molar-refractivity contribution < 1.29 is 14.7 Å². The molecule has 1 heterocycles. The van der Waals surface area contributed by atoms with E-state index >= 15 is 0 Å². The number of carbonyl (C=O) groups excluding carboxylic acids is 1. The average Bonchev–Trinajstić information content (AvgIpc) is 2.69. The lowest BCUT2D eigenvalue weighted by Gasteiger charge is -2.17. The lowest BCUT2D eigenvalue weighted by molar-refractivity contribution is -0.140. The molecule has 0 bridgehead atoms. The van der Waals surface area contributed by atoms with E-state index in [0.29, 0.717) is 5.13 Å². The molecule has 0 radical (unpaired) electrons. The van der Waals surface area contributed by atoms with Crippen molar-refractivity contribution in [3.63, 3.8) is 0 Å². The second-order valence-corrected chi connectivity index (χ2v) is 4.72. The van der Waals surface area contributed by atoms with E-state index < -0.39 is 12.0 Å². The van der Waals surface area contributed by atoms with Crippen LogP contribution in [0.1, 0.15) is 13.8 Å². The third-order valence-electron chi connectivity index (χ3n) is 2.09. The minimum Gasteiger partial charge on any atom is -0.480 e. The Morgan fingerprint density at radius 3 is 2.71 bits per heavy atom. The number of aromatic nitrogens is 1. The number of hydrogen-bond donors (Lipinski definition) is 3. The lowest BCUT2D eigenvalue weighted by atomic mass is 10.1. The first-order chi connectivity index (χ1) is 8.00. The molecular formula is C10H15N3O3S. The quantitative estimate of drug-likeness (QED) is 0.700. The Labute approximate surface area is 103 Å². The first-order valence-corrected chi connectivity index (χ1v) is 6.04. The van der Waals surface area contributed by atoms with Gasteiger partial charge in [0.25, 0.3) is 0 Å². The maximum Gasteiger partial charge on any atom is 0.320 e. The SMILES string of the molecule is CC(C)C(NCC(=O)Nc1nccs1)C(=O)O. The molecule has 0 aromatic carbocycles. The number of nitrogens with zero attached hydrogens (tertiary/aromatic N) is 1. The summed E-state index contributed by atoms with van der Waals surface area (Å²) in [6.45, 7) is 3.52. The molecule has 0 aliphatic rings. The van der Waals surface area contributed by atoms with Crippen molar-refractivity contribution in [2.75, 3.05) is 11.9 Å². The van der Waals surface area contributed by atoms with Crippen molar-refractivity contribution in [1.29, 1.82) is 0 Å². The molecule has 6 nitrogen and oxygen atoms in total. The van der Waals surface area contributed by atoms with Crippen molar-refractivity contribution in [3.05, 3.63) is 11.6 Å². The standard InChI is InChI=1S/C10H15N3O3S/c1-6(2)8(9(15)16)12-5-7(14)13-10-11-3-4-17-10/h3-4,6,8,12H,5H2,1-2H3,(H,15,16)(H,11,13,14). The van der Waals surface area contributed by atoms with Gasteiger partial charge in [-0.15, -0.1) is 11.3 Å². The van der Waals surface area contributed by atoms with Gasteiger partial charge in [-0.1, -0.05) is 13.8 Å². The normalized spacial score (nSPS) is 12.4. The molecule has 1 aromatic heterocycles. The summed E-state index contributed by atoms with van der Waals surface area (Å²) in [5.41, 5.74) is 0. The van der Waals surface area contributed by atoms with E-state index in [-0.39, 0.29) is 18.4 Å². The molecule has 94 valence electrons. The summed E-state index contributed by atoms with van der Waals surface area (Å²) in [6.07, 6.45) is 1.59. The highest BCUT2D eigenvalue weighted by molar-refractivity contribution is 7.13. The molecule has 3 N–H and O–H groups in total. The molecule has 0 aliphatic heterocycles. The van der Waals surface area contributed by atoms with Crippen LogP contribution in [0.15, 0.2) is 11.6 Å². The van der Waals surface area contributed by atoms with Gasteiger partial charge in [-0.2, -0.15) is 0 Å². The van der Waals surface area contributed by atoms with Crippen molar-refractivity contribution in [2.45, 2.75) is 19.9 Å². The number of amides is 1. The van der Waals surface area contributed by atoms with Gasteiger partial charge < -0.3 is 10.4 Å². The number of thiazole rings is 1. The van der Waals surface area contributed by atoms with E-state index in [1.54, 1.807) is 25.4 Å². The Bertz CT molecular complexity index is 378. The molecule has 0 saturated carbocycles. The van der Waals surface area contributed by atoms with E-state index in [4.69, 9.17) is 5.11 Å². The Morgan fingerprint density at radius 2 is 2.24 bits per heavy atom. The van der Waals surface area contributed by atoms with Gasteiger partial charge in [0.05, 0.1) is 6.54 Å². The summed E-state index contributed by atoms with van der Waals surface area (Å²) in [4.78, 5) is 26.2. The van der Waals surface area contributed by atoms with Crippen LogP contribution in [-0.2, 0) is 9.59 Å². The fourth-order valence-electron chi connectivity index (χ4n) is 1.26. The summed E-state index contributed by atoms with van der Waals surface area (Å²) < 4.78 is 0. The molecule has 0 aliphatic carbocycles. The van der Waals surface area contributed by atoms with E-state index in [0.717, 1.165) is 0 Å². The van der Waals surface area contributed by atoms with Gasteiger partial charge in [0.1, 0.15) is 6.04 Å². The number of carbonyl (C=O) groups is 2. The number of nitrogens with one attached hydrogen (secondary N) is 2. The van der Waals surface area contributed by atoms with Crippen LogP contribution in [0, 0.1) is 5.92 Å². The third kappa shape index (κ3) is 4.49. The van der Waals surface area contributed by atoms with Gasteiger partial charge in [0, 0.05) is 11.6 Å². The number of carboxylic acids is 1. The predicted octanol–water partition coefficient (Wildman–Crippen LogP) is 0.780. The number of anilines is 1. The zero-order chi connectivity index (χ0) is 12.8. The number of hydrogen-bond acceptors (Lipinski definition) is 5. The van der Waals surface area contributed by atoms with Crippen LogP contribution in [-0.4, -0.2) is 34.6 Å². The second-order valence-electron chi connectivity index (χ2n) is 3.83. The summed E-state index contributed by atoms with van der Waals surface area (Å²) >= 11 is 1.31. The largest absolute Gasteiger partial charge is 0.480 e. The summed E-state index contributed by atoms with van der Waals surface area (Å²) in [5, 5.41) is 16.4. The molecule has 0 fully saturated rings. The van der Waals surface area contributed by atoms with Gasteiger partial charge in [-0.05, 0) is 5.92 Å². The highest BCUT2D eigenvalue weighted by atomic mass is 32.1. The monoisotopic (exact) mass is 257 g/mol. The number of aliphatic carboxylic acids is 1. The molecule has 1 rings (SSSR count). The van der Waals surface area contributed by atoms with Crippen LogP contribution in [0.4, 0.5) is 5.13 Å². The molecule has 7 heteroatoms. The summed E-state index contributed by atoms with van der Waals surface area (Å²) in [7, 11) is 0. The van der Waals surface area contributed by atoms with Crippen LogP contribution >= 0.6 is 11.3 Å². The minimum absolute atomic E-state index is 0.0469. The van der Waals surface area contributed by atoms with Gasteiger partial charge in [0.2, 0.25) is 5.91 Å². The lowest BCUT2D eigenvalue weighted by Crippen LogP contribution is -2.44.